The maximum atomic E-state index is 12.4. The number of nitrogens with one attached hydrogen (secondary N) is 3. The molecule has 1 saturated heterocycles. The number of imidazole rings is 1. The van der Waals surface area contributed by atoms with Gasteiger partial charge in [0.25, 0.3) is 0 Å². The van der Waals surface area contributed by atoms with Gasteiger partial charge in [0, 0.05) is 53.0 Å². The molecule has 1 aromatic carbocycles. The van der Waals surface area contributed by atoms with Crippen molar-refractivity contribution >= 4 is 82.7 Å². The summed E-state index contributed by atoms with van der Waals surface area (Å²) in [5.74, 6) is 1.38. The zero-order chi connectivity index (χ0) is 28.3. The minimum atomic E-state index is -0.580. The van der Waals surface area contributed by atoms with Gasteiger partial charge in [0.05, 0.1) is 6.33 Å². The number of nitrogens with two attached hydrogens (primary N) is 1. The molecule has 5 N–H and O–H groups in total. The van der Waals surface area contributed by atoms with Gasteiger partial charge in [-0.05, 0) is 69.6 Å². The summed E-state index contributed by atoms with van der Waals surface area (Å²) in [5, 5.41) is 12.5. The van der Waals surface area contributed by atoms with Crippen LogP contribution in [0.3, 0.4) is 0 Å². The average molecular weight is 675 g/mol. The van der Waals surface area contributed by atoms with Gasteiger partial charge < -0.3 is 25.8 Å². The first-order valence-corrected chi connectivity index (χ1v) is 15.4. The van der Waals surface area contributed by atoms with Gasteiger partial charge in [-0.2, -0.15) is 9.97 Å². The summed E-state index contributed by atoms with van der Waals surface area (Å²) in [6.45, 7) is 1.17. The smallest absolute Gasteiger partial charge is 0.365 e. The molecule has 43 heavy (non-hydrogen) atoms. The average Bonchev–Trinajstić information content (AvgIpc) is 3.61. The van der Waals surface area contributed by atoms with Crippen LogP contribution in [0.15, 0.2) is 24.5 Å². The fourth-order valence-corrected chi connectivity index (χ4v) is 6.67. The lowest BCUT2D eigenvalue weighted by Crippen LogP contribution is -2.41. The summed E-state index contributed by atoms with van der Waals surface area (Å²) in [7, 11) is 0. The molecule has 3 fully saturated rings. The monoisotopic (exact) mass is 673 g/mol. The van der Waals surface area contributed by atoms with Gasteiger partial charge in [0.1, 0.15) is 0 Å². The summed E-state index contributed by atoms with van der Waals surface area (Å²) in [4.78, 5) is 32.6. The third-order valence-electron chi connectivity index (χ3n) is 8.36. The maximum Gasteiger partial charge on any atom is 0.430 e. The van der Waals surface area contributed by atoms with Crippen LogP contribution in [0.5, 0.6) is 0 Å². The molecule has 3 heterocycles. The van der Waals surface area contributed by atoms with Crippen LogP contribution in [-0.4, -0.2) is 61.9 Å². The summed E-state index contributed by atoms with van der Waals surface area (Å²) in [5.41, 5.74) is 8.28. The minimum absolute atomic E-state index is 0. The second-order valence-corrected chi connectivity index (χ2v) is 12.3. The number of anilines is 3. The molecule has 2 saturated carbocycles. The molecule has 15 heteroatoms. The Balaban J connectivity index is 0.00000212. The Bertz CT molecular complexity index is 1350. The number of hydrogen-bond donors (Lipinski definition) is 4. The molecular weight excluding hydrogens is 636 g/mol. The largest absolute Gasteiger partial charge is 0.430 e. The minimum Gasteiger partial charge on any atom is -0.365 e. The lowest BCUT2D eigenvalue weighted by Gasteiger charge is -2.31. The van der Waals surface area contributed by atoms with Gasteiger partial charge >= 0.3 is 6.09 Å². The van der Waals surface area contributed by atoms with E-state index in [2.05, 4.69) is 20.5 Å². The highest BCUT2D eigenvalue weighted by molar-refractivity contribution is 6.35. The Morgan fingerprint density at radius 2 is 1.53 bits per heavy atom. The second-order valence-electron chi connectivity index (χ2n) is 11.4. The van der Waals surface area contributed by atoms with Crippen LogP contribution < -0.4 is 21.7 Å². The van der Waals surface area contributed by atoms with Crippen LogP contribution in [0, 0.1) is 0 Å². The third-order valence-corrected chi connectivity index (χ3v) is 8.80. The molecule has 236 valence electrons. The number of carbonyl (C=O) groups excluding carboxylic acids is 1. The summed E-state index contributed by atoms with van der Waals surface area (Å²) in [6, 6.07) is 6.03. The predicted octanol–water partition coefficient (Wildman–Crippen LogP) is 6.81. The number of hydrogen-bond acceptors (Lipinski definition) is 9. The van der Waals surface area contributed by atoms with E-state index in [-0.39, 0.29) is 36.9 Å². The van der Waals surface area contributed by atoms with Gasteiger partial charge in [-0.1, -0.05) is 36.0 Å². The summed E-state index contributed by atoms with van der Waals surface area (Å²) in [6.07, 6.45) is 11.7. The van der Waals surface area contributed by atoms with E-state index in [1.807, 2.05) is 6.33 Å². The SMILES string of the molecule is Cl.Cl.NC1CCC(Nc2nc(NC3CCN(OC(=O)Nc4cc(Cl)cc(Cl)c4)CC3)c3ncn(C4CCCC4)c3n2)CC1. The maximum absolute atomic E-state index is 12.4. The van der Waals surface area contributed by atoms with Crippen molar-refractivity contribution in [3.05, 3.63) is 34.6 Å². The summed E-state index contributed by atoms with van der Waals surface area (Å²) < 4.78 is 2.24. The highest BCUT2D eigenvalue weighted by Crippen LogP contribution is 2.34. The van der Waals surface area contributed by atoms with E-state index in [1.54, 1.807) is 23.3 Å². The van der Waals surface area contributed by atoms with Crippen molar-refractivity contribution in [1.82, 2.24) is 24.6 Å². The molecule has 0 bridgehead atoms. The van der Waals surface area contributed by atoms with Crippen molar-refractivity contribution in [2.24, 2.45) is 5.73 Å². The number of rotatable bonds is 7. The molecule has 0 unspecified atom stereocenters. The van der Waals surface area contributed by atoms with Crippen LogP contribution in [0.4, 0.5) is 22.2 Å². The fraction of sp³-hybridized carbons (Fsp3) is 0.571. The van der Waals surface area contributed by atoms with Crippen molar-refractivity contribution in [1.29, 1.82) is 0 Å². The Morgan fingerprint density at radius 3 is 2.21 bits per heavy atom. The molecular formula is C28H39Cl4N9O2. The van der Waals surface area contributed by atoms with Crippen molar-refractivity contribution in [2.45, 2.75) is 88.4 Å². The summed E-state index contributed by atoms with van der Waals surface area (Å²) >= 11 is 12.1. The first-order chi connectivity index (χ1) is 19.9. The van der Waals surface area contributed by atoms with E-state index >= 15 is 0 Å². The van der Waals surface area contributed by atoms with Crippen LogP contribution in [0.2, 0.25) is 10.0 Å². The second kappa shape index (κ2) is 15.1. The Kier molecular flexibility index (Phi) is 11.8. The number of aromatic nitrogens is 4. The first-order valence-electron chi connectivity index (χ1n) is 14.6. The number of halogens is 4. The first kappa shape index (κ1) is 33.6. The molecule has 0 atom stereocenters. The van der Waals surface area contributed by atoms with E-state index in [0.29, 0.717) is 46.9 Å². The number of benzene rings is 1. The number of fused-ring (bicyclic) bond motifs is 1. The quantitative estimate of drug-likeness (QED) is 0.213. The van der Waals surface area contributed by atoms with E-state index in [4.69, 9.17) is 48.7 Å². The number of nitrogens with zero attached hydrogens (tertiary/aromatic N) is 5. The molecule has 11 nitrogen and oxygen atoms in total. The van der Waals surface area contributed by atoms with Crippen LogP contribution >= 0.6 is 48.0 Å². The lowest BCUT2D eigenvalue weighted by molar-refractivity contribution is -0.106. The zero-order valence-corrected chi connectivity index (χ0v) is 27.0. The third kappa shape index (κ3) is 8.46. The van der Waals surface area contributed by atoms with Crippen LogP contribution in [-0.2, 0) is 4.84 Å². The van der Waals surface area contributed by atoms with Crippen LogP contribution in [0.25, 0.3) is 11.2 Å². The van der Waals surface area contributed by atoms with Gasteiger partial charge in [-0.25, -0.2) is 9.78 Å². The van der Waals surface area contributed by atoms with E-state index in [9.17, 15) is 4.79 Å². The number of piperidine rings is 1. The Morgan fingerprint density at radius 1 is 0.884 bits per heavy atom. The molecule has 6 rings (SSSR count). The van der Waals surface area contributed by atoms with E-state index < -0.39 is 6.09 Å². The molecule has 0 radical (unpaired) electrons. The Labute approximate surface area is 273 Å². The molecule has 3 aliphatic rings. The predicted molar refractivity (Wildman–Crippen MR) is 176 cm³/mol. The highest BCUT2D eigenvalue weighted by atomic mass is 35.5. The molecule has 1 aliphatic heterocycles. The number of amides is 1. The molecule has 1 amide bonds. The number of hydroxylamine groups is 2. The van der Waals surface area contributed by atoms with E-state index in [1.165, 1.54) is 12.8 Å². The number of carbonyl (C=O) groups is 1. The van der Waals surface area contributed by atoms with Crippen LogP contribution in [0.1, 0.15) is 70.3 Å². The topological polar surface area (TPSA) is 135 Å². The zero-order valence-electron chi connectivity index (χ0n) is 23.8. The van der Waals surface area contributed by atoms with Gasteiger partial charge in [-0.3, -0.25) is 5.32 Å². The normalized spacial score (nSPS) is 21.6. The van der Waals surface area contributed by atoms with Gasteiger partial charge in [0.2, 0.25) is 5.95 Å². The Hall–Kier alpha value is -2.28. The fourth-order valence-electron chi connectivity index (χ4n) is 6.15. The molecule has 3 aromatic rings. The molecule has 2 aliphatic carbocycles. The van der Waals surface area contributed by atoms with Crippen molar-refractivity contribution in [3.63, 3.8) is 0 Å². The molecule has 2 aromatic heterocycles. The van der Waals surface area contributed by atoms with Crippen molar-refractivity contribution < 1.29 is 9.63 Å². The van der Waals surface area contributed by atoms with Crippen molar-refractivity contribution in [3.8, 4) is 0 Å². The standard InChI is InChI=1S/C28H37Cl2N9O2.2ClH/c29-17-13-18(30)15-22(14-17)35-28(40)41-38-11-9-21(10-12-38)33-25-24-26(39(16-32-24)23-3-1-2-4-23)37-27(36-25)34-20-7-5-19(31)6-8-20;;/h13-16,19-21,23H,1-12,31H2,(H,35,40)(H2,33,34,36,37);2*1H. The highest BCUT2D eigenvalue weighted by Gasteiger charge is 2.27. The molecule has 0 spiro atoms. The van der Waals surface area contributed by atoms with Gasteiger partial charge in [0.15, 0.2) is 17.0 Å². The lowest BCUT2D eigenvalue weighted by atomic mass is 9.92. The van der Waals surface area contributed by atoms with Crippen molar-refractivity contribution in [2.75, 3.05) is 29.0 Å². The van der Waals surface area contributed by atoms with Gasteiger partial charge in [-0.15, -0.1) is 29.9 Å². The van der Waals surface area contributed by atoms with E-state index in [0.717, 1.165) is 68.3 Å².